The van der Waals surface area contributed by atoms with Crippen LogP contribution in [0.4, 0.5) is 0 Å². The number of nitrogens with one attached hydrogen (secondary N) is 1. The number of rotatable bonds is 6. The molecular weight excluding hydrogens is 204 g/mol. The van der Waals surface area contributed by atoms with Crippen molar-refractivity contribution in [2.45, 2.75) is 26.3 Å². The van der Waals surface area contributed by atoms with Crippen LogP contribution in [0.3, 0.4) is 0 Å². The molecule has 0 rings (SSSR count). The van der Waals surface area contributed by atoms with E-state index in [0.717, 1.165) is 4.90 Å². The van der Waals surface area contributed by atoms with Crippen LogP contribution in [-0.2, 0) is 4.79 Å². The van der Waals surface area contributed by atoms with Crippen molar-refractivity contribution < 1.29 is 15.0 Å². The molecule has 0 saturated carbocycles. The molecule has 0 aliphatic rings. The van der Waals surface area contributed by atoms with Crippen molar-refractivity contribution in [1.29, 1.82) is 0 Å². The van der Waals surface area contributed by atoms with Gasteiger partial charge < -0.3 is 15.5 Å². The van der Waals surface area contributed by atoms with Crippen molar-refractivity contribution in [3.8, 4) is 0 Å². The molecule has 84 valence electrons. The maximum absolute atomic E-state index is 11.4. The van der Waals surface area contributed by atoms with Crippen LogP contribution in [0.1, 0.15) is 13.8 Å². The first kappa shape index (κ1) is 13.7. The van der Waals surface area contributed by atoms with E-state index in [-0.39, 0.29) is 12.5 Å². The van der Waals surface area contributed by atoms with Gasteiger partial charge >= 0.3 is 0 Å². The minimum Gasteiger partial charge on any atom is -0.374 e. The Hall–Kier alpha value is -0.300. The standard InChI is InChI=1S/C8H18N2O3S/c1-6(11)10(7(2)12)8(13)5-9-3-4-14/h6-7,9,11-12,14H,3-5H2,1-2H3. The summed E-state index contributed by atoms with van der Waals surface area (Å²) in [6, 6.07) is 0. The molecule has 0 spiro atoms. The number of carbonyl (C=O) groups is 1. The van der Waals surface area contributed by atoms with Crippen LogP contribution in [0.2, 0.25) is 0 Å². The molecule has 1 amide bonds. The average molecular weight is 222 g/mol. The fourth-order valence-corrected chi connectivity index (χ4v) is 1.25. The monoisotopic (exact) mass is 222 g/mol. The maximum atomic E-state index is 11.4. The summed E-state index contributed by atoms with van der Waals surface area (Å²) < 4.78 is 0. The lowest BCUT2D eigenvalue weighted by Gasteiger charge is -2.28. The van der Waals surface area contributed by atoms with E-state index in [0.29, 0.717) is 12.3 Å². The Morgan fingerprint density at radius 3 is 2.29 bits per heavy atom. The Morgan fingerprint density at radius 2 is 1.93 bits per heavy atom. The summed E-state index contributed by atoms with van der Waals surface area (Å²) >= 11 is 3.97. The van der Waals surface area contributed by atoms with Gasteiger partial charge in [0.25, 0.3) is 0 Å². The molecule has 0 saturated heterocycles. The van der Waals surface area contributed by atoms with Gasteiger partial charge in [0.2, 0.25) is 5.91 Å². The SMILES string of the molecule is CC(O)N(C(=O)CNCCS)C(C)O. The van der Waals surface area contributed by atoms with E-state index in [4.69, 9.17) is 0 Å². The number of nitrogens with zero attached hydrogens (tertiary/aromatic N) is 1. The molecule has 14 heavy (non-hydrogen) atoms. The highest BCUT2D eigenvalue weighted by Crippen LogP contribution is 2.00. The third-order valence-electron chi connectivity index (χ3n) is 1.66. The summed E-state index contributed by atoms with van der Waals surface area (Å²) in [4.78, 5) is 12.4. The summed E-state index contributed by atoms with van der Waals surface area (Å²) in [5.74, 6) is 0.299. The van der Waals surface area contributed by atoms with E-state index in [9.17, 15) is 15.0 Å². The predicted molar refractivity (Wildman–Crippen MR) is 56.9 cm³/mol. The van der Waals surface area contributed by atoms with E-state index in [1.165, 1.54) is 13.8 Å². The van der Waals surface area contributed by atoms with Crippen molar-refractivity contribution in [3.05, 3.63) is 0 Å². The molecule has 0 aromatic rings. The zero-order chi connectivity index (χ0) is 11.1. The zero-order valence-corrected chi connectivity index (χ0v) is 9.37. The Kier molecular flexibility index (Phi) is 6.90. The van der Waals surface area contributed by atoms with Gasteiger partial charge in [-0.3, -0.25) is 9.69 Å². The van der Waals surface area contributed by atoms with Gasteiger partial charge in [-0.2, -0.15) is 12.6 Å². The Labute approximate surface area is 89.5 Å². The van der Waals surface area contributed by atoms with E-state index < -0.39 is 12.5 Å². The van der Waals surface area contributed by atoms with E-state index in [1.807, 2.05) is 0 Å². The van der Waals surface area contributed by atoms with Crippen molar-refractivity contribution in [2.24, 2.45) is 0 Å². The molecule has 0 fully saturated rings. The second kappa shape index (κ2) is 7.05. The first-order chi connectivity index (χ1) is 6.50. The molecule has 0 aliphatic heterocycles. The molecule has 0 aromatic carbocycles. The average Bonchev–Trinajstić information content (AvgIpc) is 2.03. The van der Waals surface area contributed by atoms with Gasteiger partial charge in [0, 0.05) is 12.3 Å². The van der Waals surface area contributed by atoms with Gasteiger partial charge in [0.1, 0.15) is 12.5 Å². The van der Waals surface area contributed by atoms with Gasteiger partial charge in [-0.25, -0.2) is 0 Å². The first-order valence-corrected chi connectivity index (χ1v) is 5.12. The van der Waals surface area contributed by atoms with Crippen LogP contribution in [0.15, 0.2) is 0 Å². The normalized spacial score (nSPS) is 14.9. The summed E-state index contributed by atoms with van der Waals surface area (Å²) in [6.45, 7) is 3.57. The third kappa shape index (κ3) is 4.80. The predicted octanol–water partition coefficient (Wildman–Crippen LogP) is -0.989. The molecule has 0 heterocycles. The van der Waals surface area contributed by atoms with Crippen LogP contribution < -0.4 is 5.32 Å². The van der Waals surface area contributed by atoms with E-state index >= 15 is 0 Å². The molecule has 2 unspecified atom stereocenters. The third-order valence-corrected chi connectivity index (χ3v) is 1.88. The van der Waals surface area contributed by atoms with Crippen molar-refractivity contribution in [1.82, 2.24) is 10.2 Å². The van der Waals surface area contributed by atoms with Gasteiger partial charge in [-0.05, 0) is 13.8 Å². The quantitative estimate of drug-likeness (QED) is 0.264. The van der Waals surface area contributed by atoms with Gasteiger partial charge in [-0.1, -0.05) is 0 Å². The number of hydrogen-bond donors (Lipinski definition) is 4. The highest BCUT2D eigenvalue weighted by molar-refractivity contribution is 7.80. The second-order valence-electron chi connectivity index (χ2n) is 2.97. The molecule has 0 aromatic heterocycles. The minimum absolute atomic E-state index is 0.0936. The second-order valence-corrected chi connectivity index (χ2v) is 3.41. The molecular formula is C8H18N2O3S. The maximum Gasteiger partial charge on any atom is 0.240 e. The topological polar surface area (TPSA) is 72.8 Å². The summed E-state index contributed by atoms with van der Waals surface area (Å²) in [7, 11) is 0. The van der Waals surface area contributed by atoms with Crippen LogP contribution in [0.25, 0.3) is 0 Å². The smallest absolute Gasteiger partial charge is 0.240 e. The van der Waals surface area contributed by atoms with Crippen LogP contribution >= 0.6 is 12.6 Å². The fourth-order valence-electron chi connectivity index (χ4n) is 1.09. The molecule has 0 radical (unpaired) electrons. The number of aliphatic hydroxyl groups is 2. The van der Waals surface area contributed by atoms with Crippen molar-refractivity contribution in [2.75, 3.05) is 18.8 Å². The number of amides is 1. The van der Waals surface area contributed by atoms with Crippen molar-refractivity contribution in [3.63, 3.8) is 0 Å². The summed E-state index contributed by atoms with van der Waals surface area (Å²) in [5.41, 5.74) is 0. The largest absolute Gasteiger partial charge is 0.374 e. The minimum atomic E-state index is -0.986. The molecule has 5 nitrogen and oxygen atoms in total. The number of hydrogen-bond acceptors (Lipinski definition) is 5. The molecule has 2 atom stereocenters. The first-order valence-electron chi connectivity index (χ1n) is 4.49. The Morgan fingerprint density at radius 1 is 1.43 bits per heavy atom. The molecule has 6 heteroatoms. The fraction of sp³-hybridized carbons (Fsp3) is 0.875. The highest BCUT2D eigenvalue weighted by atomic mass is 32.1. The summed E-state index contributed by atoms with van der Waals surface area (Å²) in [6.07, 6.45) is -1.97. The molecule has 3 N–H and O–H groups in total. The zero-order valence-electron chi connectivity index (χ0n) is 8.47. The lowest BCUT2D eigenvalue weighted by atomic mass is 10.4. The van der Waals surface area contributed by atoms with Gasteiger partial charge in [0.15, 0.2) is 0 Å². The van der Waals surface area contributed by atoms with E-state index in [1.54, 1.807) is 0 Å². The number of thiol groups is 1. The van der Waals surface area contributed by atoms with E-state index in [2.05, 4.69) is 17.9 Å². The van der Waals surface area contributed by atoms with Gasteiger partial charge in [0.05, 0.1) is 6.54 Å². The summed E-state index contributed by atoms with van der Waals surface area (Å²) in [5, 5.41) is 21.3. The Bertz CT molecular complexity index is 168. The van der Waals surface area contributed by atoms with Crippen LogP contribution in [0.5, 0.6) is 0 Å². The number of aliphatic hydroxyl groups excluding tert-OH is 2. The molecule has 0 aliphatic carbocycles. The Balaban J connectivity index is 4.03. The van der Waals surface area contributed by atoms with Crippen molar-refractivity contribution >= 4 is 18.5 Å². The number of carbonyl (C=O) groups excluding carboxylic acids is 1. The lowest BCUT2D eigenvalue weighted by Crippen LogP contribution is -2.48. The molecule has 0 bridgehead atoms. The van der Waals surface area contributed by atoms with Gasteiger partial charge in [-0.15, -0.1) is 0 Å². The van der Waals surface area contributed by atoms with Crippen LogP contribution in [0, 0.1) is 0 Å². The van der Waals surface area contributed by atoms with Crippen LogP contribution in [-0.4, -0.2) is 52.3 Å². The lowest BCUT2D eigenvalue weighted by molar-refractivity contribution is -0.155. The highest BCUT2D eigenvalue weighted by Gasteiger charge is 2.21.